The molecule has 22 heavy (non-hydrogen) atoms. The highest BCUT2D eigenvalue weighted by atomic mass is 16.5. The zero-order valence-electron chi connectivity index (χ0n) is 12.9. The molecule has 0 aliphatic heterocycles. The standard InChI is InChI=1S/C15H21N3O4/c1-12(19)17-7-3-10-18(11-6-14(20)22-2)15(21)13-4-8-16-9-5-13/h4-5,8-9H,3,6-7,10-11H2,1-2H3,(H,17,19). The van der Waals surface area contributed by atoms with Gasteiger partial charge in [0.2, 0.25) is 5.91 Å². The number of nitrogens with zero attached hydrogens (tertiary/aromatic N) is 2. The van der Waals surface area contributed by atoms with Gasteiger partial charge in [-0.3, -0.25) is 19.4 Å². The van der Waals surface area contributed by atoms with Gasteiger partial charge >= 0.3 is 5.97 Å². The molecule has 0 atom stereocenters. The lowest BCUT2D eigenvalue weighted by Crippen LogP contribution is -2.35. The van der Waals surface area contributed by atoms with Gasteiger partial charge < -0.3 is 15.0 Å². The summed E-state index contributed by atoms with van der Waals surface area (Å²) in [6.45, 7) is 2.64. The van der Waals surface area contributed by atoms with E-state index in [0.717, 1.165) is 0 Å². The Morgan fingerprint density at radius 2 is 1.91 bits per heavy atom. The van der Waals surface area contributed by atoms with Gasteiger partial charge in [0.25, 0.3) is 5.91 Å². The number of carbonyl (C=O) groups excluding carboxylic acids is 3. The van der Waals surface area contributed by atoms with Crippen LogP contribution in [-0.4, -0.2) is 54.4 Å². The average molecular weight is 307 g/mol. The predicted molar refractivity (Wildman–Crippen MR) is 80.1 cm³/mol. The number of pyridine rings is 1. The van der Waals surface area contributed by atoms with Crippen molar-refractivity contribution in [3.63, 3.8) is 0 Å². The van der Waals surface area contributed by atoms with Crippen LogP contribution in [-0.2, 0) is 14.3 Å². The Hall–Kier alpha value is -2.44. The zero-order valence-corrected chi connectivity index (χ0v) is 12.9. The molecule has 0 aliphatic carbocycles. The summed E-state index contributed by atoms with van der Waals surface area (Å²) in [5.74, 6) is -0.648. The smallest absolute Gasteiger partial charge is 0.307 e. The van der Waals surface area contributed by atoms with Crippen molar-refractivity contribution in [1.82, 2.24) is 15.2 Å². The third-order valence-corrected chi connectivity index (χ3v) is 3.01. The second-order valence-corrected chi connectivity index (χ2v) is 4.69. The third kappa shape index (κ3) is 6.34. The van der Waals surface area contributed by atoms with E-state index in [1.54, 1.807) is 29.4 Å². The van der Waals surface area contributed by atoms with E-state index >= 15 is 0 Å². The fourth-order valence-corrected chi connectivity index (χ4v) is 1.85. The van der Waals surface area contributed by atoms with Crippen molar-refractivity contribution >= 4 is 17.8 Å². The molecule has 1 aromatic heterocycles. The van der Waals surface area contributed by atoms with E-state index in [9.17, 15) is 14.4 Å². The van der Waals surface area contributed by atoms with Gasteiger partial charge in [0, 0.05) is 44.5 Å². The van der Waals surface area contributed by atoms with E-state index < -0.39 is 0 Å². The number of carbonyl (C=O) groups is 3. The van der Waals surface area contributed by atoms with Crippen LogP contribution in [0, 0.1) is 0 Å². The summed E-state index contributed by atoms with van der Waals surface area (Å²) in [6.07, 6.45) is 3.83. The summed E-state index contributed by atoms with van der Waals surface area (Å²) >= 11 is 0. The SMILES string of the molecule is COC(=O)CCN(CCCNC(C)=O)C(=O)c1ccncc1. The summed E-state index contributed by atoms with van der Waals surface area (Å²) in [7, 11) is 1.31. The van der Waals surface area contributed by atoms with Gasteiger partial charge in [-0.15, -0.1) is 0 Å². The molecule has 7 heteroatoms. The Morgan fingerprint density at radius 1 is 1.23 bits per heavy atom. The molecule has 7 nitrogen and oxygen atoms in total. The summed E-state index contributed by atoms with van der Waals surface area (Å²) in [4.78, 5) is 40.0. The average Bonchev–Trinajstić information content (AvgIpc) is 2.53. The van der Waals surface area contributed by atoms with Crippen molar-refractivity contribution in [2.45, 2.75) is 19.8 Å². The van der Waals surface area contributed by atoms with Gasteiger partial charge in [0.05, 0.1) is 13.5 Å². The van der Waals surface area contributed by atoms with E-state index in [1.165, 1.54) is 14.0 Å². The number of esters is 1. The first-order valence-electron chi connectivity index (χ1n) is 7.05. The van der Waals surface area contributed by atoms with Crippen molar-refractivity contribution in [2.24, 2.45) is 0 Å². The quantitative estimate of drug-likeness (QED) is 0.561. The molecule has 0 unspecified atom stereocenters. The topological polar surface area (TPSA) is 88.6 Å². The van der Waals surface area contributed by atoms with Crippen LogP contribution in [0.15, 0.2) is 24.5 Å². The Kier molecular flexibility index (Phi) is 7.60. The van der Waals surface area contributed by atoms with Crippen LogP contribution in [0.3, 0.4) is 0 Å². The molecule has 1 rings (SSSR count). The van der Waals surface area contributed by atoms with Crippen LogP contribution >= 0.6 is 0 Å². The molecule has 0 aromatic carbocycles. The Labute approximate surface area is 129 Å². The van der Waals surface area contributed by atoms with E-state index in [4.69, 9.17) is 0 Å². The first kappa shape index (κ1) is 17.6. The highest BCUT2D eigenvalue weighted by Crippen LogP contribution is 2.06. The molecule has 1 N–H and O–H groups in total. The molecule has 1 aromatic rings. The number of hydrogen-bond donors (Lipinski definition) is 1. The lowest BCUT2D eigenvalue weighted by atomic mass is 10.2. The number of amides is 2. The molecule has 0 aliphatic rings. The Bertz CT molecular complexity index is 505. The lowest BCUT2D eigenvalue weighted by molar-refractivity contribution is -0.140. The molecule has 0 saturated heterocycles. The highest BCUT2D eigenvalue weighted by Gasteiger charge is 2.16. The Morgan fingerprint density at radius 3 is 2.50 bits per heavy atom. The molecular formula is C15H21N3O4. The number of aromatic nitrogens is 1. The number of ether oxygens (including phenoxy) is 1. The zero-order chi connectivity index (χ0) is 16.4. The number of nitrogens with one attached hydrogen (secondary N) is 1. The molecule has 0 radical (unpaired) electrons. The van der Waals surface area contributed by atoms with Crippen molar-refractivity contribution < 1.29 is 19.1 Å². The fourth-order valence-electron chi connectivity index (χ4n) is 1.85. The van der Waals surface area contributed by atoms with Crippen molar-refractivity contribution in [1.29, 1.82) is 0 Å². The molecule has 120 valence electrons. The van der Waals surface area contributed by atoms with Gasteiger partial charge in [-0.25, -0.2) is 0 Å². The van der Waals surface area contributed by atoms with Crippen LogP contribution < -0.4 is 5.32 Å². The lowest BCUT2D eigenvalue weighted by Gasteiger charge is -2.22. The van der Waals surface area contributed by atoms with Crippen LogP contribution in [0.5, 0.6) is 0 Å². The van der Waals surface area contributed by atoms with E-state index in [2.05, 4.69) is 15.0 Å². The van der Waals surface area contributed by atoms with Gasteiger partial charge in [0.1, 0.15) is 0 Å². The maximum absolute atomic E-state index is 12.4. The minimum atomic E-state index is -0.366. The largest absolute Gasteiger partial charge is 0.469 e. The van der Waals surface area contributed by atoms with Crippen LogP contribution in [0.2, 0.25) is 0 Å². The van der Waals surface area contributed by atoms with Crippen molar-refractivity contribution in [3.05, 3.63) is 30.1 Å². The summed E-state index contributed by atoms with van der Waals surface area (Å²) < 4.78 is 4.60. The van der Waals surface area contributed by atoms with Gasteiger partial charge in [-0.1, -0.05) is 0 Å². The maximum Gasteiger partial charge on any atom is 0.307 e. The summed E-state index contributed by atoms with van der Waals surface area (Å²) in [5, 5.41) is 2.68. The second kappa shape index (κ2) is 9.49. The molecule has 1 heterocycles. The second-order valence-electron chi connectivity index (χ2n) is 4.69. The summed E-state index contributed by atoms with van der Waals surface area (Å²) in [5.41, 5.74) is 0.513. The molecular weight excluding hydrogens is 286 g/mol. The molecule has 0 fully saturated rings. The van der Waals surface area contributed by atoms with Crippen molar-refractivity contribution in [2.75, 3.05) is 26.7 Å². The van der Waals surface area contributed by atoms with Crippen LogP contribution in [0.1, 0.15) is 30.1 Å². The van der Waals surface area contributed by atoms with Gasteiger partial charge in [-0.05, 0) is 18.6 Å². The maximum atomic E-state index is 12.4. The molecule has 0 bridgehead atoms. The Balaban J connectivity index is 2.62. The fraction of sp³-hybridized carbons (Fsp3) is 0.467. The van der Waals surface area contributed by atoms with Crippen molar-refractivity contribution in [3.8, 4) is 0 Å². The van der Waals surface area contributed by atoms with Crippen LogP contribution in [0.25, 0.3) is 0 Å². The van der Waals surface area contributed by atoms with Crippen LogP contribution in [0.4, 0.5) is 0 Å². The molecule has 0 saturated carbocycles. The first-order chi connectivity index (χ1) is 10.5. The normalized spacial score (nSPS) is 9.91. The first-order valence-corrected chi connectivity index (χ1v) is 7.05. The monoisotopic (exact) mass is 307 g/mol. The predicted octanol–water partition coefficient (Wildman–Crippen LogP) is 0.613. The summed E-state index contributed by atoms with van der Waals surface area (Å²) in [6, 6.07) is 3.25. The molecule has 0 spiro atoms. The van der Waals surface area contributed by atoms with Gasteiger partial charge in [0.15, 0.2) is 0 Å². The van der Waals surface area contributed by atoms with E-state index in [0.29, 0.717) is 25.1 Å². The van der Waals surface area contributed by atoms with Gasteiger partial charge in [-0.2, -0.15) is 0 Å². The number of hydrogen-bond acceptors (Lipinski definition) is 5. The van der Waals surface area contributed by atoms with E-state index in [1.807, 2.05) is 0 Å². The minimum absolute atomic E-state index is 0.110. The highest BCUT2D eigenvalue weighted by molar-refractivity contribution is 5.94. The van der Waals surface area contributed by atoms with E-state index in [-0.39, 0.29) is 30.7 Å². The molecule has 2 amide bonds. The number of methoxy groups -OCH3 is 1. The third-order valence-electron chi connectivity index (χ3n) is 3.01. The minimum Gasteiger partial charge on any atom is -0.469 e. The number of rotatable bonds is 8.